The van der Waals surface area contributed by atoms with Gasteiger partial charge in [-0.15, -0.1) is 0 Å². The van der Waals surface area contributed by atoms with Crippen LogP contribution in [0.25, 0.3) is 10.8 Å². The number of hydrogen-bond donors (Lipinski definition) is 0. The average Bonchev–Trinajstić information content (AvgIpc) is 2.39. The summed E-state index contributed by atoms with van der Waals surface area (Å²) >= 11 is 0. The van der Waals surface area contributed by atoms with Crippen LogP contribution in [0.15, 0.2) is 30.3 Å². The van der Waals surface area contributed by atoms with Crippen molar-refractivity contribution in [3.05, 3.63) is 42.2 Å². The number of benzene rings is 1. The zero-order valence-electron chi connectivity index (χ0n) is 9.15. The summed E-state index contributed by atoms with van der Waals surface area (Å²) in [6.07, 6.45) is 5.17. The Hall–Kier alpha value is -1.41. The molecule has 3 rings (SSSR count). The topological polar surface area (TPSA) is 22.1 Å². The number of hydrogen-bond acceptors (Lipinski definition) is 2. The summed E-state index contributed by atoms with van der Waals surface area (Å²) in [6, 6.07) is 10.4. The highest BCUT2D eigenvalue weighted by Crippen LogP contribution is 2.30. The van der Waals surface area contributed by atoms with Crippen molar-refractivity contribution in [3.8, 4) is 0 Å². The van der Waals surface area contributed by atoms with E-state index in [1.165, 1.54) is 16.5 Å². The van der Waals surface area contributed by atoms with E-state index in [0.717, 1.165) is 26.1 Å². The molecule has 0 spiro atoms. The van der Waals surface area contributed by atoms with Crippen LogP contribution in [-0.2, 0) is 4.74 Å². The minimum absolute atomic E-state index is 0.538. The van der Waals surface area contributed by atoms with E-state index in [2.05, 4.69) is 35.4 Å². The summed E-state index contributed by atoms with van der Waals surface area (Å²) in [5.41, 5.74) is 1.20. The lowest BCUT2D eigenvalue weighted by atomic mass is 9.92. The van der Waals surface area contributed by atoms with Crippen molar-refractivity contribution in [2.75, 3.05) is 13.2 Å². The molecular weight excluding hydrogens is 198 g/mol. The lowest BCUT2D eigenvalue weighted by Gasteiger charge is -2.22. The molecule has 1 radical (unpaired) electrons. The molecule has 1 saturated heterocycles. The molecule has 0 atom stereocenters. The molecule has 0 aliphatic carbocycles. The van der Waals surface area contributed by atoms with Crippen LogP contribution < -0.4 is 0 Å². The summed E-state index contributed by atoms with van der Waals surface area (Å²) < 4.78 is 5.40. The maximum Gasteiger partial charge on any atom is 0.0896 e. The Labute approximate surface area is 95.3 Å². The fourth-order valence-electron chi connectivity index (χ4n) is 2.37. The van der Waals surface area contributed by atoms with Crippen LogP contribution in [0.2, 0.25) is 0 Å². The van der Waals surface area contributed by atoms with Crippen molar-refractivity contribution in [2.24, 2.45) is 0 Å². The van der Waals surface area contributed by atoms with Crippen molar-refractivity contribution < 1.29 is 4.74 Å². The van der Waals surface area contributed by atoms with Gasteiger partial charge < -0.3 is 4.74 Å². The quantitative estimate of drug-likeness (QED) is 0.725. The van der Waals surface area contributed by atoms with E-state index >= 15 is 0 Å². The van der Waals surface area contributed by atoms with Crippen LogP contribution in [0.3, 0.4) is 0 Å². The maximum atomic E-state index is 5.40. The number of ether oxygens (including phenoxy) is 1. The Morgan fingerprint density at radius 3 is 2.88 bits per heavy atom. The molecule has 0 N–H and O–H groups in total. The van der Waals surface area contributed by atoms with Crippen LogP contribution in [0.5, 0.6) is 0 Å². The summed E-state index contributed by atoms with van der Waals surface area (Å²) in [5.74, 6) is 0.538. The number of nitrogens with zero attached hydrogens (tertiary/aromatic N) is 1. The first-order valence-electron chi connectivity index (χ1n) is 5.78. The van der Waals surface area contributed by atoms with Gasteiger partial charge in [-0.2, -0.15) is 0 Å². The monoisotopic (exact) mass is 212 g/mol. The molecule has 2 aromatic rings. The van der Waals surface area contributed by atoms with E-state index < -0.39 is 0 Å². The Morgan fingerprint density at radius 1 is 1.19 bits per heavy atom. The smallest absolute Gasteiger partial charge is 0.0896 e. The zero-order chi connectivity index (χ0) is 10.8. The molecule has 1 aliphatic rings. The van der Waals surface area contributed by atoms with Crippen molar-refractivity contribution >= 4 is 10.8 Å². The second kappa shape index (κ2) is 4.22. The largest absolute Gasteiger partial charge is 0.381 e. The normalized spacial score (nSPS) is 17.8. The van der Waals surface area contributed by atoms with E-state index in [4.69, 9.17) is 4.74 Å². The number of pyridine rings is 1. The van der Waals surface area contributed by atoms with Gasteiger partial charge in [-0.3, -0.25) is 4.98 Å². The van der Waals surface area contributed by atoms with Crippen LogP contribution in [-0.4, -0.2) is 18.2 Å². The van der Waals surface area contributed by atoms with Crippen molar-refractivity contribution in [2.45, 2.75) is 18.8 Å². The van der Waals surface area contributed by atoms with E-state index in [1.54, 1.807) is 0 Å². The van der Waals surface area contributed by atoms with Crippen molar-refractivity contribution in [3.63, 3.8) is 0 Å². The summed E-state index contributed by atoms with van der Waals surface area (Å²) in [4.78, 5) is 4.45. The van der Waals surface area contributed by atoms with Gasteiger partial charge in [-0.05, 0) is 24.3 Å². The van der Waals surface area contributed by atoms with Gasteiger partial charge in [0.1, 0.15) is 0 Å². The molecule has 0 unspecified atom stereocenters. The fourth-order valence-corrected chi connectivity index (χ4v) is 2.37. The Balaban J connectivity index is 2.08. The van der Waals surface area contributed by atoms with Gasteiger partial charge >= 0.3 is 0 Å². The number of fused-ring (bicyclic) bond motifs is 1. The molecule has 1 aromatic carbocycles. The SMILES string of the molecule is [c]1cc2ccccc2c(C2CCOCC2)n1. The van der Waals surface area contributed by atoms with Gasteiger partial charge in [0.2, 0.25) is 0 Å². The number of rotatable bonds is 1. The summed E-state index contributed by atoms with van der Waals surface area (Å²) in [7, 11) is 0. The fraction of sp³-hybridized carbons (Fsp3) is 0.357. The highest BCUT2D eigenvalue weighted by molar-refractivity contribution is 5.84. The Bertz CT molecular complexity index is 484. The van der Waals surface area contributed by atoms with Crippen LogP contribution >= 0.6 is 0 Å². The third kappa shape index (κ3) is 1.69. The molecule has 81 valence electrons. The summed E-state index contributed by atoms with van der Waals surface area (Å²) in [5, 5.41) is 2.51. The van der Waals surface area contributed by atoms with Gasteiger partial charge in [0.05, 0.1) is 11.9 Å². The molecule has 0 bridgehead atoms. The third-order valence-corrected chi connectivity index (χ3v) is 3.25. The third-order valence-electron chi connectivity index (χ3n) is 3.25. The Morgan fingerprint density at radius 2 is 2.00 bits per heavy atom. The van der Waals surface area contributed by atoms with Gasteiger partial charge in [0, 0.05) is 24.5 Å². The molecule has 2 heterocycles. The minimum Gasteiger partial charge on any atom is -0.381 e. The maximum absolute atomic E-state index is 5.40. The lowest BCUT2D eigenvalue weighted by molar-refractivity contribution is 0.0848. The van der Waals surface area contributed by atoms with Gasteiger partial charge in [-0.1, -0.05) is 24.3 Å². The van der Waals surface area contributed by atoms with E-state index in [0.29, 0.717) is 5.92 Å². The molecule has 0 saturated carbocycles. The molecule has 0 amide bonds. The molecule has 1 aliphatic heterocycles. The highest BCUT2D eigenvalue weighted by Gasteiger charge is 2.18. The molecule has 1 aromatic heterocycles. The Kier molecular flexibility index (Phi) is 2.58. The first-order valence-corrected chi connectivity index (χ1v) is 5.78. The van der Waals surface area contributed by atoms with Crippen molar-refractivity contribution in [1.29, 1.82) is 0 Å². The summed E-state index contributed by atoms with van der Waals surface area (Å²) in [6.45, 7) is 1.71. The molecule has 2 nitrogen and oxygen atoms in total. The van der Waals surface area contributed by atoms with Crippen LogP contribution in [0, 0.1) is 6.20 Å². The first kappa shape index (κ1) is 9.79. The second-order valence-electron chi connectivity index (χ2n) is 4.24. The predicted octanol–water partition coefficient (Wildman–Crippen LogP) is 2.93. The number of aromatic nitrogens is 1. The van der Waals surface area contributed by atoms with Gasteiger partial charge in [0.25, 0.3) is 0 Å². The minimum atomic E-state index is 0.538. The van der Waals surface area contributed by atoms with Crippen molar-refractivity contribution in [1.82, 2.24) is 4.98 Å². The van der Waals surface area contributed by atoms with E-state index in [9.17, 15) is 0 Å². The van der Waals surface area contributed by atoms with E-state index in [1.807, 2.05) is 6.07 Å². The predicted molar refractivity (Wildman–Crippen MR) is 63.4 cm³/mol. The molecule has 2 heteroatoms. The van der Waals surface area contributed by atoms with Crippen LogP contribution in [0.1, 0.15) is 24.5 Å². The van der Waals surface area contributed by atoms with Crippen LogP contribution in [0.4, 0.5) is 0 Å². The molecule has 1 fully saturated rings. The first-order chi connectivity index (χ1) is 7.95. The second-order valence-corrected chi connectivity index (χ2v) is 4.24. The molecular formula is C14H14NO. The molecule has 16 heavy (non-hydrogen) atoms. The van der Waals surface area contributed by atoms with E-state index in [-0.39, 0.29) is 0 Å². The lowest BCUT2D eigenvalue weighted by Crippen LogP contribution is -2.15. The van der Waals surface area contributed by atoms with Gasteiger partial charge in [0.15, 0.2) is 0 Å². The van der Waals surface area contributed by atoms with Gasteiger partial charge in [-0.25, -0.2) is 0 Å². The standard InChI is InChI=1S/C14H14NO/c1-2-4-13-11(3-1)5-8-15-14(13)12-6-9-16-10-7-12/h1-5,12H,6-7,9-10H2. The highest BCUT2D eigenvalue weighted by atomic mass is 16.5. The average molecular weight is 212 g/mol. The zero-order valence-corrected chi connectivity index (χ0v) is 9.15.